The van der Waals surface area contributed by atoms with E-state index in [1.165, 1.54) is 0 Å². The third-order valence-corrected chi connectivity index (χ3v) is 0. The molecular weight excluding hydrogens is 251 g/mol. The van der Waals surface area contributed by atoms with Crippen LogP contribution in [0.5, 0.6) is 0 Å². The zero-order chi connectivity index (χ0) is 11.7. The molecule has 0 spiro atoms. The van der Waals surface area contributed by atoms with E-state index in [0.29, 0.717) is 0 Å². The average Bonchev–Trinajstić information content (AvgIpc) is 1.50. The molecule has 0 radical (unpaired) electrons. The number of urea groups is 1. The number of rotatable bonds is 0. The number of hydrogen-bond donors (Lipinski definition) is 5. The Labute approximate surface area is 106 Å². The number of nitrogens with two attached hydrogens (primary N) is 2. The van der Waals surface area contributed by atoms with Crippen LogP contribution in [0.2, 0.25) is 0 Å². The summed E-state index contributed by atoms with van der Waals surface area (Å²) in [5.74, 6) is 0. The van der Waals surface area contributed by atoms with Gasteiger partial charge in [0, 0.05) is 0 Å². The molecule has 14 heteroatoms. The maximum absolute atomic E-state index is 9.00. The van der Waals surface area contributed by atoms with E-state index in [1.807, 2.05) is 0 Å². The molecule has 15 heavy (non-hydrogen) atoms. The van der Waals surface area contributed by atoms with Crippen LogP contribution in [0.3, 0.4) is 0 Å². The van der Waals surface area contributed by atoms with Crippen molar-refractivity contribution in [1.29, 1.82) is 0 Å². The summed E-state index contributed by atoms with van der Waals surface area (Å²) in [5, 5.41) is 13.6. The van der Waals surface area contributed by atoms with E-state index < -0.39 is 21.5 Å². The Bertz CT molecular complexity index is 221. The van der Waals surface area contributed by atoms with E-state index in [1.54, 1.807) is 0 Å². The second-order valence-electron chi connectivity index (χ2n) is 1.07. The second kappa shape index (κ2) is 15.8. The van der Waals surface area contributed by atoms with E-state index in [4.69, 9.17) is 37.6 Å². The Morgan fingerprint density at radius 3 is 1.33 bits per heavy atom. The largest absolute Gasteiger partial charge is 1.00 e. The van der Waals surface area contributed by atoms with Gasteiger partial charge >= 0.3 is 35.6 Å². The fraction of sp³-hybridized carbons (Fsp3) is 0. The van der Waals surface area contributed by atoms with Gasteiger partial charge in [0.25, 0.3) is 5.09 Å². The molecule has 0 fully saturated rings. The van der Waals surface area contributed by atoms with Crippen LogP contribution in [-0.4, -0.2) is 33.8 Å². The number of carbonyl (C=O) groups is 1. The summed E-state index contributed by atoms with van der Waals surface area (Å²) in [4.78, 5) is 17.4. The molecule has 0 aromatic rings. The Morgan fingerprint density at radius 1 is 1.33 bits per heavy atom. The van der Waals surface area contributed by atoms with E-state index >= 15 is 0 Å². The fourth-order valence-corrected chi connectivity index (χ4v) is 0. The van der Waals surface area contributed by atoms with Crippen molar-refractivity contribution < 1.29 is 62.2 Å². The summed E-state index contributed by atoms with van der Waals surface area (Å²) in [6, 6.07) is -0.833. The van der Waals surface area contributed by atoms with Crippen LogP contribution in [0.15, 0.2) is 0 Å². The van der Waals surface area contributed by atoms with E-state index in [9.17, 15) is 0 Å². The molecule has 9 N–H and O–H groups in total. The molecule has 0 bridgehead atoms. The molecule has 12 nitrogen and oxygen atoms in total. The summed E-state index contributed by atoms with van der Waals surface area (Å²) in [6.45, 7) is 0. The molecule has 0 aromatic heterocycles. The molecule has 0 saturated heterocycles. The van der Waals surface area contributed by atoms with Gasteiger partial charge in [-0.25, -0.2) is 13.2 Å². The molecule has 88 valence electrons. The zero-order valence-corrected chi connectivity index (χ0v) is 10.4. The van der Waals surface area contributed by atoms with Gasteiger partial charge in [-0.2, -0.15) is 0 Å². The molecule has 0 aliphatic heterocycles. The van der Waals surface area contributed by atoms with Crippen molar-refractivity contribution in [3.63, 3.8) is 0 Å². The molecule has 0 aliphatic rings. The van der Waals surface area contributed by atoms with Gasteiger partial charge in [0.2, 0.25) is 10.4 Å². The van der Waals surface area contributed by atoms with E-state index in [0.717, 1.165) is 0 Å². The topological polar surface area (TPSA) is 245 Å². The van der Waals surface area contributed by atoms with Crippen molar-refractivity contribution in [1.82, 2.24) is 6.15 Å². The molecule has 0 aromatic carbocycles. The molecule has 0 heterocycles. The van der Waals surface area contributed by atoms with Crippen molar-refractivity contribution in [3.05, 3.63) is 10.1 Å². The fourth-order valence-electron chi connectivity index (χ4n) is 0. The van der Waals surface area contributed by atoms with Crippen LogP contribution in [0, 0.1) is 10.1 Å². The van der Waals surface area contributed by atoms with Gasteiger partial charge in [0.15, 0.2) is 0 Å². The maximum atomic E-state index is 9.00. The van der Waals surface area contributed by atoms with Gasteiger partial charge < -0.3 is 27.4 Å². The van der Waals surface area contributed by atoms with Gasteiger partial charge in [0.1, 0.15) is 0 Å². The van der Waals surface area contributed by atoms with Gasteiger partial charge in [0.05, 0.1) is 0 Å². The number of amides is 2. The Kier molecular flexibility index (Phi) is 30.7. The molecule has 0 aliphatic carbocycles. The van der Waals surface area contributed by atoms with Crippen molar-refractivity contribution >= 4 is 16.4 Å². The van der Waals surface area contributed by atoms with Crippen molar-refractivity contribution in [2.75, 3.05) is 0 Å². The molecule has 0 rings (SSSR count). The Hall–Kier alpha value is -0.700. The normalized spacial score (nSPS) is 7.07. The minimum atomic E-state index is -4.92. The summed E-state index contributed by atoms with van der Waals surface area (Å²) < 4.78 is 32.8. The average molecular weight is 260 g/mol. The van der Waals surface area contributed by atoms with Crippen molar-refractivity contribution in [2.24, 2.45) is 11.5 Å². The predicted molar refractivity (Wildman–Crippen MR) is 39.9 cm³/mol. The number of primary amides is 2. The van der Waals surface area contributed by atoms with Crippen molar-refractivity contribution in [2.45, 2.75) is 0 Å². The van der Waals surface area contributed by atoms with Gasteiger partial charge in [-0.3, -0.25) is 4.55 Å². The molecular formula is CH9N4NaO8S. The van der Waals surface area contributed by atoms with Crippen LogP contribution in [-0.2, 0) is 10.4 Å². The first-order valence-electron chi connectivity index (χ1n) is 2.03. The molecule has 2 amide bonds. The third-order valence-electron chi connectivity index (χ3n) is 0. The maximum Gasteiger partial charge on any atom is 1.00 e. The quantitative estimate of drug-likeness (QED) is 0.0916. The van der Waals surface area contributed by atoms with Gasteiger partial charge in [-0.15, -0.1) is 10.1 Å². The Balaban J connectivity index is -0.0000000315. The standard InChI is InChI=1S/CH4N2O.HNO3.H3N.Na.H2O4S/c2*2-1(3)4;;;1-5(2,3)4/h(H4,2,3,4);(H,2,3,4);1H3;;(H2,1,2,3,4)/q;;;+1;/p-1. The zero-order valence-electron chi connectivity index (χ0n) is 7.56. The smallest absolute Gasteiger partial charge is 0.726 e. The first kappa shape index (κ1) is 29.2. The Morgan fingerprint density at radius 2 is 1.33 bits per heavy atom. The monoisotopic (exact) mass is 260 g/mol. The second-order valence-corrected chi connectivity index (χ2v) is 1.92. The minimum absolute atomic E-state index is 0. The SMILES string of the molecule is N.NC(N)=O.O=S(=O)([O-])O.O=[N+]([O-])O.[Na+]. The molecule has 0 atom stereocenters. The molecule has 0 unspecified atom stereocenters. The first-order valence-corrected chi connectivity index (χ1v) is 3.39. The predicted octanol–water partition coefficient (Wildman–Crippen LogP) is -5.15. The first-order chi connectivity index (χ1) is 5.46. The summed E-state index contributed by atoms with van der Waals surface area (Å²) >= 11 is 0. The minimum Gasteiger partial charge on any atom is -0.726 e. The van der Waals surface area contributed by atoms with Gasteiger partial charge in [-0.1, -0.05) is 0 Å². The molecule has 0 saturated carbocycles. The summed E-state index contributed by atoms with van der Waals surface area (Å²) in [5.41, 5.74) is 8.50. The third kappa shape index (κ3) is 3470. The number of hydrogen-bond acceptors (Lipinski definition) is 7. The van der Waals surface area contributed by atoms with Crippen LogP contribution >= 0.6 is 0 Å². The van der Waals surface area contributed by atoms with Crippen LogP contribution in [0.4, 0.5) is 4.79 Å². The summed E-state index contributed by atoms with van der Waals surface area (Å²) in [7, 11) is -4.92. The van der Waals surface area contributed by atoms with Crippen LogP contribution in [0.25, 0.3) is 0 Å². The summed E-state index contributed by atoms with van der Waals surface area (Å²) in [6.07, 6.45) is 0. The van der Waals surface area contributed by atoms with Gasteiger partial charge in [-0.05, 0) is 0 Å². The van der Waals surface area contributed by atoms with Crippen LogP contribution in [0.1, 0.15) is 0 Å². The number of carbonyl (C=O) groups excluding carboxylic acids is 1. The van der Waals surface area contributed by atoms with Crippen molar-refractivity contribution in [3.8, 4) is 0 Å². The van der Waals surface area contributed by atoms with E-state index in [-0.39, 0.29) is 35.7 Å². The number of nitrogens with zero attached hydrogens (tertiary/aromatic N) is 1. The van der Waals surface area contributed by atoms with Crippen LogP contribution < -0.4 is 47.2 Å². The van der Waals surface area contributed by atoms with E-state index in [2.05, 4.69) is 11.5 Å².